The molecule has 1 aromatic heterocycles. The monoisotopic (exact) mass is 470 g/mol. The lowest BCUT2D eigenvalue weighted by atomic mass is 10.1. The third-order valence-electron chi connectivity index (χ3n) is 5.41. The maximum atomic E-state index is 13.0. The molecule has 1 saturated heterocycles. The molecule has 0 unspecified atom stereocenters. The molecule has 0 aliphatic carbocycles. The molecule has 33 heavy (non-hydrogen) atoms. The molecule has 3 aromatic rings. The Morgan fingerprint density at radius 3 is 2.36 bits per heavy atom. The van der Waals surface area contributed by atoms with Gasteiger partial charge in [-0.05, 0) is 63.6 Å². The molecule has 1 aliphatic heterocycles. The number of carbonyl (C=O) groups excluding carboxylic acids is 1. The number of nitrogens with zero attached hydrogens (tertiary/aromatic N) is 3. The van der Waals surface area contributed by atoms with Gasteiger partial charge in [0.05, 0.1) is 17.1 Å². The van der Waals surface area contributed by atoms with E-state index < -0.39 is 15.9 Å². The van der Waals surface area contributed by atoms with Gasteiger partial charge in [-0.2, -0.15) is 4.31 Å². The Bertz CT molecular complexity index is 1260. The van der Waals surface area contributed by atoms with E-state index in [0.717, 1.165) is 16.7 Å². The highest BCUT2D eigenvalue weighted by Crippen LogP contribution is 2.25. The number of morpholine rings is 1. The van der Waals surface area contributed by atoms with Gasteiger partial charge in [-0.1, -0.05) is 22.8 Å². The van der Waals surface area contributed by atoms with Crippen molar-refractivity contribution in [2.75, 3.05) is 18.4 Å². The van der Waals surface area contributed by atoms with E-state index in [4.69, 9.17) is 9.15 Å². The molecule has 1 N–H and O–H groups in total. The molecule has 0 spiro atoms. The zero-order valence-electron chi connectivity index (χ0n) is 18.9. The quantitative estimate of drug-likeness (QED) is 0.608. The van der Waals surface area contributed by atoms with Crippen molar-refractivity contribution in [1.82, 2.24) is 14.5 Å². The van der Waals surface area contributed by atoms with Crippen molar-refractivity contribution >= 4 is 21.9 Å². The average molecular weight is 471 g/mol. The second-order valence-corrected chi connectivity index (χ2v) is 10.2. The number of anilines is 1. The molecule has 174 valence electrons. The molecular weight excluding hydrogens is 444 g/mol. The largest absolute Gasteiger partial charge is 0.403 e. The van der Waals surface area contributed by atoms with Gasteiger partial charge in [0.1, 0.15) is 0 Å². The van der Waals surface area contributed by atoms with E-state index in [1.807, 2.05) is 45.9 Å². The van der Waals surface area contributed by atoms with Crippen molar-refractivity contribution in [2.24, 2.45) is 0 Å². The van der Waals surface area contributed by atoms with Crippen LogP contribution in [0.25, 0.3) is 11.5 Å². The summed E-state index contributed by atoms with van der Waals surface area (Å²) >= 11 is 0. The second-order valence-electron chi connectivity index (χ2n) is 8.29. The number of hydrogen-bond acceptors (Lipinski definition) is 7. The molecule has 9 nitrogen and oxygen atoms in total. The molecule has 0 bridgehead atoms. The Hall–Kier alpha value is -3.08. The van der Waals surface area contributed by atoms with Crippen LogP contribution >= 0.6 is 0 Å². The number of sulfonamides is 1. The van der Waals surface area contributed by atoms with Gasteiger partial charge in [-0.25, -0.2) is 8.42 Å². The van der Waals surface area contributed by atoms with E-state index in [-0.39, 0.29) is 41.8 Å². The van der Waals surface area contributed by atoms with Crippen LogP contribution in [0, 0.1) is 13.8 Å². The van der Waals surface area contributed by atoms with E-state index in [2.05, 4.69) is 15.5 Å². The van der Waals surface area contributed by atoms with Gasteiger partial charge >= 0.3 is 6.01 Å². The number of carbonyl (C=O) groups is 1. The molecule has 2 aromatic carbocycles. The van der Waals surface area contributed by atoms with Gasteiger partial charge in [0.15, 0.2) is 0 Å². The standard InChI is InChI=1S/C23H26N4O5S/c1-14-5-6-15(2)20(11-14)22-25-26-23(32-22)24-21(28)18-7-9-19(10-8-18)33(29,30)27-12-16(3)31-17(4)13-27/h5-11,16-17H,12-13H2,1-4H3,(H,24,26,28)/t16-,17-/m1/s1. The van der Waals surface area contributed by atoms with Crippen LogP contribution in [0.15, 0.2) is 51.8 Å². The molecular formula is C23H26N4O5S. The number of aromatic nitrogens is 2. The summed E-state index contributed by atoms with van der Waals surface area (Å²) in [5.74, 6) is -0.175. The van der Waals surface area contributed by atoms with Crippen molar-refractivity contribution in [2.45, 2.75) is 44.8 Å². The van der Waals surface area contributed by atoms with Crippen LogP contribution in [-0.2, 0) is 14.8 Å². The Morgan fingerprint density at radius 1 is 1.03 bits per heavy atom. The van der Waals surface area contributed by atoms with Gasteiger partial charge in [0, 0.05) is 24.2 Å². The van der Waals surface area contributed by atoms with Crippen molar-refractivity contribution < 1.29 is 22.4 Å². The van der Waals surface area contributed by atoms with E-state index in [9.17, 15) is 13.2 Å². The first-order valence-corrected chi connectivity index (χ1v) is 12.1. The summed E-state index contributed by atoms with van der Waals surface area (Å²) in [7, 11) is -3.68. The van der Waals surface area contributed by atoms with Gasteiger partial charge in [-0.3, -0.25) is 10.1 Å². The van der Waals surface area contributed by atoms with E-state index in [1.165, 1.54) is 28.6 Å². The molecule has 1 fully saturated rings. The number of ether oxygens (including phenoxy) is 1. The molecule has 4 rings (SSSR count). The Labute approximate surface area is 192 Å². The summed E-state index contributed by atoms with van der Waals surface area (Å²) < 4.78 is 38.6. The van der Waals surface area contributed by atoms with Crippen LogP contribution in [0.5, 0.6) is 0 Å². The smallest absolute Gasteiger partial charge is 0.322 e. The summed E-state index contributed by atoms with van der Waals surface area (Å²) in [4.78, 5) is 12.7. The van der Waals surface area contributed by atoms with Gasteiger partial charge < -0.3 is 9.15 Å². The number of nitrogens with one attached hydrogen (secondary N) is 1. The summed E-state index contributed by atoms with van der Waals surface area (Å²) in [5.41, 5.74) is 3.09. The first-order valence-electron chi connectivity index (χ1n) is 10.6. The first kappa shape index (κ1) is 23.1. The summed E-state index contributed by atoms with van der Waals surface area (Å²) in [6.45, 7) is 8.16. The highest BCUT2D eigenvalue weighted by Gasteiger charge is 2.32. The van der Waals surface area contributed by atoms with Crippen molar-refractivity contribution in [3.05, 3.63) is 59.2 Å². The van der Waals surface area contributed by atoms with Crippen molar-refractivity contribution in [1.29, 1.82) is 0 Å². The SMILES string of the molecule is Cc1ccc(C)c(-c2nnc(NC(=O)c3ccc(S(=O)(=O)N4C[C@@H](C)O[C@H](C)C4)cc3)o2)c1. The fraction of sp³-hybridized carbons (Fsp3) is 0.348. The fourth-order valence-corrected chi connectivity index (χ4v) is 5.36. The lowest BCUT2D eigenvalue weighted by molar-refractivity contribution is -0.0440. The Morgan fingerprint density at radius 2 is 1.70 bits per heavy atom. The minimum atomic E-state index is -3.68. The minimum absolute atomic E-state index is 0.0381. The summed E-state index contributed by atoms with van der Waals surface area (Å²) in [6.07, 6.45) is -0.368. The van der Waals surface area contributed by atoms with E-state index in [0.29, 0.717) is 5.89 Å². The molecule has 0 radical (unpaired) electrons. The zero-order valence-corrected chi connectivity index (χ0v) is 19.7. The molecule has 2 atom stereocenters. The first-order chi connectivity index (χ1) is 15.6. The number of aryl methyl sites for hydroxylation is 2. The van der Waals surface area contributed by atoms with Crippen LogP contribution < -0.4 is 5.32 Å². The van der Waals surface area contributed by atoms with Gasteiger partial charge in [-0.15, -0.1) is 5.10 Å². The zero-order chi connectivity index (χ0) is 23.8. The van der Waals surface area contributed by atoms with Crippen LogP contribution in [0.3, 0.4) is 0 Å². The number of amides is 1. The fourth-order valence-electron chi connectivity index (χ4n) is 3.77. The Balaban J connectivity index is 1.47. The maximum Gasteiger partial charge on any atom is 0.322 e. The average Bonchev–Trinajstić information content (AvgIpc) is 3.23. The maximum absolute atomic E-state index is 13.0. The van der Waals surface area contributed by atoms with Crippen LogP contribution in [0.1, 0.15) is 35.3 Å². The van der Waals surface area contributed by atoms with Crippen LogP contribution in [-0.4, -0.2) is 54.1 Å². The normalized spacial score (nSPS) is 19.4. The molecule has 0 saturated carbocycles. The predicted octanol–water partition coefficient (Wildman–Crippen LogP) is 3.40. The topological polar surface area (TPSA) is 115 Å². The Kier molecular flexibility index (Phi) is 6.33. The predicted molar refractivity (Wildman–Crippen MR) is 122 cm³/mol. The minimum Gasteiger partial charge on any atom is -0.403 e. The summed E-state index contributed by atoms with van der Waals surface area (Å²) in [5, 5.41) is 10.5. The molecule has 10 heteroatoms. The van der Waals surface area contributed by atoms with E-state index in [1.54, 1.807) is 0 Å². The van der Waals surface area contributed by atoms with Gasteiger partial charge in [0.25, 0.3) is 5.91 Å². The molecule has 1 aliphatic rings. The lowest BCUT2D eigenvalue weighted by Crippen LogP contribution is -2.48. The van der Waals surface area contributed by atoms with Crippen LogP contribution in [0.4, 0.5) is 6.01 Å². The number of rotatable bonds is 5. The van der Waals surface area contributed by atoms with Crippen LogP contribution in [0.2, 0.25) is 0 Å². The summed E-state index contributed by atoms with van der Waals surface area (Å²) in [6, 6.07) is 11.6. The molecule has 1 amide bonds. The second kappa shape index (κ2) is 9.05. The van der Waals surface area contributed by atoms with E-state index >= 15 is 0 Å². The third-order valence-corrected chi connectivity index (χ3v) is 7.26. The lowest BCUT2D eigenvalue weighted by Gasteiger charge is -2.34. The van der Waals surface area contributed by atoms with Gasteiger partial charge in [0.2, 0.25) is 15.9 Å². The number of hydrogen-bond donors (Lipinski definition) is 1. The number of benzene rings is 2. The van der Waals surface area contributed by atoms with Crippen molar-refractivity contribution in [3.8, 4) is 11.5 Å². The highest BCUT2D eigenvalue weighted by molar-refractivity contribution is 7.89. The highest BCUT2D eigenvalue weighted by atomic mass is 32.2. The van der Waals surface area contributed by atoms with Crippen molar-refractivity contribution in [3.63, 3.8) is 0 Å². The molecule has 2 heterocycles. The third kappa shape index (κ3) is 4.97.